The molecule has 1 amide bonds. The third-order valence-corrected chi connectivity index (χ3v) is 4.43. The maximum atomic E-state index is 11.5. The molecule has 0 bridgehead atoms. The van der Waals surface area contributed by atoms with Gasteiger partial charge in [-0.1, -0.05) is 0 Å². The molecule has 9 atom stereocenters. The number of amides is 1. The van der Waals surface area contributed by atoms with E-state index in [4.69, 9.17) is 18.9 Å². The van der Waals surface area contributed by atoms with Gasteiger partial charge in [-0.3, -0.25) is 4.79 Å². The van der Waals surface area contributed by atoms with Gasteiger partial charge < -0.3 is 44.7 Å². The first-order valence-electron chi connectivity index (χ1n) is 8.19. The molecule has 0 aromatic heterocycles. The number of carbonyl (C=O) groups excluding carboxylic acids is 1. The number of nitrogens with one attached hydrogen (secondary N) is 1. The molecule has 2 aliphatic heterocycles. The Balaban J connectivity index is 2.20. The van der Waals surface area contributed by atoms with Crippen LogP contribution in [0.3, 0.4) is 0 Å². The van der Waals surface area contributed by atoms with Gasteiger partial charge in [0.05, 0.1) is 18.8 Å². The number of hydrogen-bond acceptors (Lipinski definition) is 9. The fraction of sp³-hybridized carbons (Fsp3) is 0.933. The van der Waals surface area contributed by atoms with Crippen LogP contribution in [0.5, 0.6) is 0 Å². The molecule has 0 aromatic rings. The van der Waals surface area contributed by atoms with Gasteiger partial charge in [0.1, 0.15) is 30.5 Å². The van der Waals surface area contributed by atoms with Crippen molar-refractivity contribution in [2.75, 3.05) is 13.7 Å². The van der Waals surface area contributed by atoms with Crippen LogP contribution in [0.15, 0.2) is 0 Å². The minimum absolute atomic E-state index is 0.0487. The molecule has 10 heteroatoms. The van der Waals surface area contributed by atoms with E-state index in [2.05, 4.69) is 5.32 Å². The number of ether oxygens (including phenoxy) is 4. The lowest BCUT2D eigenvalue weighted by Crippen LogP contribution is -2.66. The second-order valence-corrected chi connectivity index (χ2v) is 6.36. The molecule has 2 saturated heterocycles. The Hall–Kier alpha value is -0.850. The van der Waals surface area contributed by atoms with Crippen molar-refractivity contribution in [3.05, 3.63) is 0 Å². The first-order valence-corrected chi connectivity index (χ1v) is 8.19. The van der Waals surface area contributed by atoms with E-state index in [1.54, 1.807) is 6.92 Å². The molecule has 2 aliphatic rings. The summed E-state index contributed by atoms with van der Waals surface area (Å²) in [4.78, 5) is 11.5. The molecular formula is C15H27NO9. The number of methoxy groups -OCH3 is 1. The molecule has 2 fully saturated rings. The van der Waals surface area contributed by atoms with Crippen molar-refractivity contribution in [2.45, 2.75) is 75.5 Å². The van der Waals surface area contributed by atoms with Gasteiger partial charge in [-0.25, -0.2) is 0 Å². The van der Waals surface area contributed by atoms with Gasteiger partial charge in [-0.05, 0) is 6.92 Å². The Morgan fingerprint density at radius 2 is 1.88 bits per heavy atom. The monoisotopic (exact) mass is 365 g/mol. The average Bonchev–Trinajstić information content (AvgIpc) is 2.55. The normalized spacial score (nSPS) is 45.2. The lowest BCUT2D eigenvalue weighted by Gasteiger charge is -2.46. The molecule has 0 aromatic carbocycles. The summed E-state index contributed by atoms with van der Waals surface area (Å²) in [5.41, 5.74) is 0. The van der Waals surface area contributed by atoms with Crippen LogP contribution >= 0.6 is 0 Å². The largest absolute Gasteiger partial charge is 0.394 e. The zero-order chi connectivity index (χ0) is 18.7. The lowest BCUT2D eigenvalue weighted by atomic mass is 9.96. The van der Waals surface area contributed by atoms with Gasteiger partial charge in [-0.2, -0.15) is 0 Å². The zero-order valence-electron chi connectivity index (χ0n) is 14.4. The van der Waals surface area contributed by atoms with Crippen LogP contribution in [-0.2, 0) is 23.7 Å². The van der Waals surface area contributed by atoms with Crippen molar-refractivity contribution < 1.29 is 44.2 Å². The molecule has 5 N–H and O–H groups in total. The number of aliphatic hydroxyl groups is 4. The number of hydrogen-bond donors (Lipinski definition) is 5. The highest BCUT2D eigenvalue weighted by Crippen LogP contribution is 2.29. The highest BCUT2D eigenvalue weighted by Gasteiger charge is 2.49. The predicted octanol–water partition coefficient (Wildman–Crippen LogP) is -2.54. The van der Waals surface area contributed by atoms with Crippen LogP contribution in [0, 0.1) is 0 Å². The minimum Gasteiger partial charge on any atom is -0.394 e. The number of rotatable bonds is 5. The second-order valence-electron chi connectivity index (χ2n) is 6.36. The van der Waals surface area contributed by atoms with Gasteiger partial charge in [0, 0.05) is 20.5 Å². The van der Waals surface area contributed by atoms with Crippen molar-refractivity contribution in [2.24, 2.45) is 0 Å². The molecule has 0 unspecified atom stereocenters. The van der Waals surface area contributed by atoms with Gasteiger partial charge >= 0.3 is 0 Å². The Kier molecular flexibility index (Phi) is 7.11. The standard InChI is InChI=1S/C15H27NO9/c1-6-8(19)4-9(20)14(23-6)25-13-11(16-7(2)18)15(22-3)24-10(5-17)12(13)21/h6,8-15,17,19-21H,4-5H2,1-3H3,(H,16,18)/t6-,8+,9+,10-,11-,12+,13-,14+,15-/m1/s1. The van der Waals surface area contributed by atoms with E-state index in [0.717, 1.165) is 0 Å². The highest BCUT2D eigenvalue weighted by atomic mass is 16.7. The number of carbonyl (C=O) groups is 1. The van der Waals surface area contributed by atoms with Crippen molar-refractivity contribution >= 4 is 5.91 Å². The molecule has 0 spiro atoms. The van der Waals surface area contributed by atoms with Gasteiger partial charge in [0.15, 0.2) is 12.6 Å². The SMILES string of the molecule is CO[C@@H]1O[C@H](CO)[C@H](O)[C@H](O[C@@H]2O[C@H](C)[C@@H](O)C[C@@H]2O)[C@H]1NC(C)=O. The molecule has 0 saturated carbocycles. The van der Waals surface area contributed by atoms with E-state index in [1.165, 1.54) is 14.0 Å². The first-order chi connectivity index (χ1) is 11.8. The Morgan fingerprint density at radius 3 is 2.44 bits per heavy atom. The summed E-state index contributed by atoms with van der Waals surface area (Å²) in [5.74, 6) is -0.396. The van der Waals surface area contributed by atoms with E-state index in [1.807, 2.05) is 0 Å². The van der Waals surface area contributed by atoms with E-state index >= 15 is 0 Å². The molecule has 146 valence electrons. The Morgan fingerprint density at radius 1 is 1.20 bits per heavy atom. The summed E-state index contributed by atoms with van der Waals surface area (Å²) in [6.45, 7) is 2.43. The van der Waals surface area contributed by atoms with E-state index < -0.39 is 67.8 Å². The quantitative estimate of drug-likeness (QED) is 0.355. The first kappa shape index (κ1) is 20.5. The Labute approximate surface area is 145 Å². The van der Waals surface area contributed by atoms with Crippen LogP contribution in [-0.4, -0.2) is 95.3 Å². The van der Waals surface area contributed by atoms with E-state index in [9.17, 15) is 25.2 Å². The Bertz CT molecular complexity index is 451. The third kappa shape index (κ3) is 4.66. The average molecular weight is 365 g/mol. The van der Waals surface area contributed by atoms with E-state index in [0.29, 0.717) is 0 Å². The van der Waals surface area contributed by atoms with Crippen LogP contribution in [0.1, 0.15) is 20.3 Å². The summed E-state index contributed by atoms with van der Waals surface area (Å²) in [6.07, 6.45) is -7.94. The van der Waals surface area contributed by atoms with Crippen LogP contribution in [0.4, 0.5) is 0 Å². The van der Waals surface area contributed by atoms with Crippen LogP contribution in [0.25, 0.3) is 0 Å². The van der Waals surface area contributed by atoms with E-state index in [-0.39, 0.29) is 6.42 Å². The minimum atomic E-state index is -1.30. The summed E-state index contributed by atoms with van der Waals surface area (Å²) in [5, 5.41) is 42.3. The fourth-order valence-electron chi connectivity index (χ4n) is 3.04. The molecule has 10 nitrogen and oxygen atoms in total. The highest BCUT2D eigenvalue weighted by molar-refractivity contribution is 5.73. The third-order valence-electron chi connectivity index (χ3n) is 4.43. The predicted molar refractivity (Wildman–Crippen MR) is 82.2 cm³/mol. The van der Waals surface area contributed by atoms with Gasteiger partial charge in [0.25, 0.3) is 0 Å². The molecule has 25 heavy (non-hydrogen) atoms. The van der Waals surface area contributed by atoms with Crippen molar-refractivity contribution in [3.8, 4) is 0 Å². The van der Waals surface area contributed by atoms with Crippen LogP contribution in [0.2, 0.25) is 0 Å². The summed E-state index contributed by atoms with van der Waals surface area (Å²) in [6, 6.07) is -0.891. The van der Waals surface area contributed by atoms with Gasteiger partial charge in [-0.15, -0.1) is 0 Å². The van der Waals surface area contributed by atoms with Crippen LogP contribution < -0.4 is 5.32 Å². The smallest absolute Gasteiger partial charge is 0.217 e. The summed E-state index contributed by atoms with van der Waals surface area (Å²) in [7, 11) is 1.35. The summed E-state index contributed by atoms with van der Waals surface area (Å²) >= 11 is 0. The molecular weight excluding hydrogens is 338 g/mol. The molecule has 0 radical (unpaired) electrons. The second kappa shape index (κ2) is 8.69. The van der Waals surface area contributed by atoms with Crippen molar-refractivity contribution in [1.29, 1.82) is 0 Å². The van der Waals surface area contributed by atoms with Crippen molar-refractivity contribution in [3.63, 3.8) is 0 Å². The molecule has 2 rings (SSSR count). The number of aliphatic hydroxyl groups excluding tert-OH is 4. The molecule has 2 heterocycles. The maximum absolute atomic E-state index is 11.5. The lowest BCUT2D eigenvalue weighted by molar-refractivity contribution is -0.325. The molecule has 0 aliphatic carbocycles. The fourth-order valence-corrected chi connectivity index (χ4v) is 3.04. The van der Waals surface area contributed by atoms with Gasteiger partial charge in [0.2, 0.25) is 5.91 Å². The summed E-state index contributed by atoms with van der Waals surface area (Å²) < 4.78 is 21.8. The maximum Gasteiger partial charge on any atom is 0.217 e. The zero-order valence-corrected chi connectivity index (χ0v) is 14.4. The topological polar surface area (TPSA) is 147 Å². The van der Waals surface area contributed by atoms with Crippen molar-refractivity contribution in [1.82, 2.24) is 5.32 Å².